The van der Waals surface area contributed by atoms with Gasteiger partial charge < -0.3 is 15.3 Å². The number of nitrogens with zero attached hydrogens (tertiary/aromatic N) is 3. The molecule has 1 amide bonds. The summed E-state index contributed by atoms with van der Waals surface area (Å²) in [6, 6.07) is 10.3. The second-order valence-electron chi connectivity index (χ2n) is 11.2. The largest absolute Gasteiger partial charge is 0.383 e. The van der Waals surface area contributed by atoms with Crippen LogP contribution in [0.25, 0.3) is 10.4 Å². The highest BCUT2D eigenvalue weighted by molar-refractivity contribution is 7.91. The smallest absolute Gasteiger partial charge is 0.225 e. The van der Waals surface area contributed by atoms with Gasteiger partial charge in [0.15, 0.2) is 9.84 Å². The van der Waals surface area contributed by atoms with Crippen LogP contribution in [0.3, 0.4) is 0 Å². The maximum atomic E-state index is 13.3. The number of thiazole rings is 1. The molecule has 3 aliphatic rings. The molecule has 2 N–H and O–H groups in total. The van der Waals surface area contributed by atoms with Gasteiger partial charge in [-0.25, -0.2) is 13.4 Å². The third-order valence-corrected chi connectivity index (χ3v) is 10.8. The molecular weight excluding hydrogens is 508 g/mol. The number of rotatable bonds is 6. The Bertz CT molecular complexity index is 1300. The Morgan fingerprint density at radius 3 is 2.43 bits per heavy atom. The standard InChI is InChI=1S/C27H34N4O4S2/c1-26(2,33)25-29-22(20-5-3-4-6-21(20)24(32)30-27(17-28)11-12-27)23(36-25)18-7-9-19(10-8-18)31-13-15-37(34,35)16-14-31/h7-10,20-21,33H,3-6,11-16H2,1-2H3,(H,30,32)/t20-,21-/m1/s1. The molecule has 1 aromatic heterocycles. The van der Waals surface area contributed by atoms with E-state index in [0.29, 0.717) is 30.9 Å². The quantitative estimate of drug-likeness (QED) is 0.570. The minimum atomic E-state index is -2.95. The molecule has 10 heteroatoms. The van der Waals surface area contributed by atoms with E-state index < -0.39 is 21.0 Å². The number of aliphatic hydroxyl groups is 1. The van der Waals surface area contributed by atoms with Crippen molar-refractivity contribution in [2.24, 2.45) is 5.92 Å². The van der Waals surface area contributed by atoms with Gasteiger partial charge in [0.1, 0.15) is 16.1 Å². The van der Waals surface area contributed by atoms with Crippen LogP contribution in [0.15, 0.2) is 24.3 Å². The molecule has 0 spiro atoms. The van der Waals surface area contributed by atoms with Crippen LogP contribution in [0, 0.1) is 17.2 Å². The number of nitrogens with one attached hydrogen (secondary N) is 1. The summed E-state index contributed by atoms with van der Waals surface area (Å²) in [5, 5.41) is 23.9. The van der Waals surface area contributed by atoms with E-state index >= 15 is 0 Å². The summed E-state index contributed by atoms with van der Waals surface area (Å²) in [5.41, 5.74) is 0.986. The van der Waals surface area contributed by atoms with Gasteiger partial charge in [-0.15, -0.1) is 11.3 Å². The van der Waals surface area contributed by atoms with Gasteiger partial charge in [0.25, 0.3) is 0 Å². The number of anilines is 1. The zero-order chi connectivity index (χ0) is 26.4. The SMILES string of the molecule is CC(C)(O)c1nc([C@@H]2CCCC[C@H]2C(=O)NC2(C#N)CC2)c(-c2ccc(N3CCS(=O)(=O)CC3)cc2)s1. The molecule has 2 heterocycles. The van der Waals surface area contributed by atoms with Crippen LogP contribution >= 0.6 is 11.3 Å². The number of hydrogen-bond acceptors (Lipinski definition) is 8. The third-order valence-electron chi connectivity index (χ3n) is 7.80. The van der Waals surface area contributed by atoms with Crippen LogP contribution in [0.2, 0.25) is 0 Å². The number of sulfone groups is 1. The summed E-state index contributed by atoms with van der Waals surface area (Å²) in [6.45, 7) is 4.42. The number of amides is 1. The summed E-state index contributed by atoms with van der Waals surface area (Å²) in [4.78, 5) is 21.3. The molecule has 0 radical (unpaired) electrons. The molecule has 198 valence electrons. The lowest BCUT2D eigenvalue weighted by Crippen LogP contribution is -2.42. The van der Waals surface area contributed by atoms with E-state index in [1.807, 2.05) is 24.3 Å². The van der Waals surface area contributed by atoms with E-state index in [0.717, 1.165) is 47.5 Å². The molecule has 1 saturated heterocycles. The van der Waals surface area contributed by atoms with Crippen molar-refractivity contribution in [3.05, 3.63) is 35.0 Å². The van der Waals surface area contributed by atoms with Crippen LogP contribution in [0.5, 0.6) is 0 Å². The van der Waals surface area contributed by atoms with Crippen LogP contribution < -0.4 is 10.2 Å². The summed E-state index contributed by atoms with van der Waals surface area (Å²) in [7, 11) is -2.95. The lowest BCUT2D eigenvalue weighted by atomic mass is 9.76. The summed E-state index contributed by atoms with van der Waals surface area (Å²) in [6.07, 6.45) is 4.96. The average molecular weight is 543 g/mol. The van der Waals surface area contributed by atoms with Crippen molar-refractivity contribution >= 4 is 32.8 Å². The molecule has 8 nitrogen and oxygen atoms in total. The number of carbonyl (C=O) groups is 1. The van der Waals surface area contributed by atoms with Gasteiger partial charge in [0, 0.05) is 30.6 Å². The molecular formula is C27H34N4O4S2. The van der Waals surface area contributed by atoms with Gasteiger partial charge >= 0.3 is 0 Å². The molecule has 3 fully saturated rings. The monoisotopic (exact) mass is 542 g/mol. The molecule has 1 aliphatic heterocycles. The Morgan fingerprint density at radius 1 is 1.19 bits per heavy atom. The Kier molecular flexibility index (Phi) is 6.84. The van der Waals surface area contributed by atoms with Gasteiger partial charge in [-0.05, 0) is 57.2 Å². The highest BCUT2D eigenvalue weighted by Crippen LogP contribution is 2.46. The van der Waals surface area contributed by atoms with Crippen molar-refractivity contribution in [1.82, 2.24) is 10.3 Å². The van der Waals surface area contributed by atoms with E-state index in [1.165, 1.54) is 11.3 Å². The molecule has 1 aromatic carbocycles. The first kappa shape index (κ1) is 26.1. The second kappa shape index (κ2) is 9.68. The molecule has 2 aromatic rings. The Morgan fingerprint density at radius 2 is 1.84 bits per heavy atom. The van der Waals surface area contributed by atoms with Gasteiger partial charge in [-0.2, -0.15) is 5.26 Å². The zero-order valence-electron chi connectivity index (χ0n) is 21.4. The van der Waals surface area contributed by atoms with Crippen LogP contribution in [-0.4, -0.2) is 54.5 Å². The number of aromatic nitrogens is 1. The molecule has 0 bridgehead atoms. The topological polar surface area (TPSA) is 123 Å². The second-order valence-corrected chi connectivity index (χ2v) is 14.5. The van der Waals surface area contributed by atoms with E-state index in [2.05, 4.69) is 16.3 Å². The molecule has 2 aliphatic carbocycles. The van der Waals surface area contributed by atoms with Gasteiger partial charge in [-0.1, -0.05) is 25.0 Å². The fourth-order valence-corrected chi connectivity index (χ4v) is 7.68. The maximum absolute atomic E-state index is 13.3. The van der Waals surface area contributed by atoms with Crippen molar-refractivity contribution in [2.75, 3.05) is 29.5 Å². The van der Waals surface area contributed by atoms with Crippen molar-refractivity contribution in [2.45, 2.75) is 69.4 Å². The van der Waals surface area contributed by atoms with Crippen molar-refractivity contribution in [3.63, 3.8) is 0 Å². The normalized spacial score (nSPS) is 24.8. The minimum absolute atomic E-state index is 0.0668. The highest BCUT2D eigenvalue weighted by Gasteiger charge is 2.47. The van der Waals surface area contributed by atoms with Gasteiger partial charge in [0.2, 0.25) is 5.91 Å². The predicted molar refractivity (Wildman–Crippen MR) is 144 cm³/mol. The van der Waals surface area contributed by atoms with E-state index in [4.69, 9.17) is 4.98 Å². The third kappa shape index (κ3) is 5.54. The van der Waals surface area contributed by atoms with Gasteiger partial charge in [-0.3, -0.25) is 4.79 Å². The Balaban J connectivity index is 1.45. The molecule has 0 unspecified atom stereocenters. The molecule has 37 heavy (non-hydrogen) atoms. The first-order valence-corrected chi connectivity index (χ1v) is 15.7. The lowest BCUT2D eigenvalue weighted by Gasteiger charge is -2.31. The highest BCUT2D eigenvalue weighted by atomic mass is 32.2. The van der Waals surface area contributed by atoms with Crippen LogP contribution in [-0.2, 0) is 20.2 Å². The van der Waals surface area contributed by atoms with E-state index in [1.54, 1.807) is 13.8 Å². The molecule has 5 rings (SSSR count). The van der Waals surface area contributed by atoms with E-state index in [-0.39, 0.29) is 29.2 Å². The molecule has 2 saturated carbocycles. The predicted octanol–water partition coefficient (Wildman–Crippen LogP) is 3.72. The maximum Gasteiger partial charge on any atom is 0.225 e. The Labute approximate surface area is 222 Å². The average Bonchev–Trinajstić information content (AvgIpc) is 3.49. The van der Waals surface area contributed by atoms with Crippen molar-refractivity contribution in [1.29, 1.82) is 5.26 Å². The summed E-state index contributed by atoms with van der Waals surface area (Å²) < 4.78 is 23.6. The van der Waals surface area contributed by atoms with Crippen molar-refractivity contribution < 1.29 is 18.3 Å². The minimum Gasteiger partial charge on any atom is -0.383 e. The first-order chi connectivity index (χ1) is 17.5. The van der Waals surface area contributed by atoms with Crippen LogP contribution in [0.4, 0.5) is 5.69 Å². The summed E-state index contributed by atoms with van der Waals surface area (Å²) in [5.74, 6) is -0.0768. The number of nitriles is 1. The number of carbonyl (C=O) groups excluding carboxylic acids is 1. The zero-order valence-corrected chi connectivity index (χ0v) is 23.0. The van der Waals surface area contributed by atoms with Gasteiger partial charge in [0.05, 0.1) is 28.1 Å². The summed E-state index contributed by atoms with van der Waals surface area (Å²) >= 11 is 1.46. The lowest BCUT2D eigenvalue weighted by molar-refractivity contribution is -0.127. The van der Waals surface area contributed by atoms with Crippen LogP contribution in [0.1, 0.15) is 69.0 Å². The number of hydrogen-bond donors (Lipinski definition) is 2. The Hall–Kier alpha value is -2.48. The fourth-order valence-electron chi connectivity index (χ4n) is 5.34. The number of benzene rings is 1. The van der Waals surface area contributed by atoms with E-state index in [9.17, 15) is 23.6 Å². The fraction of sp³-hybridized carbons (Fsp3) is 0.593. The molecule has 2 atom stereocenters. The van der Waals surface area contributed by atoms with Crippen molar-refractivity contribution in [3.8, 4) is 16.5 Å². The first-order valence-electron chi connectivity index (χ1n) is 13.0.